The average molecular weight is 329 g/mol. The highest BCUT2D eigenvalue weighted by atomic mass is 79.9. The summed E-state index contributed by atoms with van der Waals surface area (Å²) in [5.41, 5.74) is 1.75. The van der Waals surface area contributed by atoms with Crippen molar-refractivity contribution in [3.63, 3.8) is 0 Å². The van der Waals surface area contributed by atoms with Crippen LogP contribution in [0.1, 0.15) is 19.4 Å². The molecule has 1 aliphatic rings. The summed E-state index contributed by atoms with van der Waals surface area (Å²) in [7, 11) is 0. The van der Waals surface area contributed by atoms with E-state index in [0.29, 0.717) is 24.2 Å². The quantitative estimate of drug-likeness (QED) is 0.486. The van der Waals surface area contributed by atoms with Gasteiger partial charge in [0, 0.05) is 24.0 Å². The molecule has 1 aliphatic heterocycles. The molecular formula is C13H17BrN2O3. The van der Waals surface area contributed by atoms with Gasteiger partial charge in [-0.05, 0) is 25.5 Å². The molecule has 1 saturated heterocycles. The number of anilines is 1. The van der Waals surface area contributed by atoms with Gasteiger partial charge < -0.3 is 9.64 Å². The van der Waals surface area contributed by atoms with Gasteiger partial charge in [-0.3, -0.25) is 10.1 Å². The van der Waals surface area contributed by atoms with Crippen molar-refractivity contribution in [3.05, 3.63) is 33.9 Å². The summed E-state index contributed by atoms with van der Waals surface area (Å²) < 4.78 is 5.57. The minimum absolute atomic E-state index is 0.0895. The van der Waals surface area contributed by atoms with E-state index in [-0.39, 0.29) is 22.8 Å². The van der Waals surface area contributed by atoms with Crippen LogP contribution in [0.2, 0.25) is 0 Å². The van der Waals surface area contributed by atoms with Gasteiger partial charge in [0.2, 0.25) is 0 Å². The Morgan fingerprint density at radius 3 is 2.89 bits per heavy atom. The molecule has 104 valence electrons. The number of nitro benzene ring substituents is 1. The third-order valence-corrected chi connectivity index (χ3v) is 3.96. The first-order valence-electron chi connectivity index (χ1n) is 6.24. The van der Waals surface area contributed by atoms with Crippen molar-refractivity contribution in [3.8, 4) is 0 Å². The largest absolute Gasteiger partial charge is 0.375 e. The van der Waals surface area contributed by atoms with Crippen molar-refractivity contribution >= 4 is 27.3 Å². The number of morpholine rings is 1. The van der Waals surface area contributed by atoms with Gasteiger partial charge in [0.1, 0.15) is 5.69 Å². The first-order valence-corrected chi connectivity index (χ1v) is 7.36. The SMILES string of the molecule is CC1CN(c2ccc(CBr)cc2[N+](=O)[O-])C(C)CO1. The van der Waals surface area contributed by atoms with E-state index in [1.54, 1.807) is 6.07 Å². The molecule has 19 heavy (non-hydrogen) atoms. The minimum Gasteiger partial charge on any atom is -0.375 e. The van der Waals surface area contributed by atoms with Crippen LogP contribution in [0.3, 0.4) is 0 Å². The lowest BCUT2D eigenvalue weighted by Crippen LogP contribution is -2.47. The molecule has 1 aromatic carbocycles. The molecule has 1 aromatic rings. The van der Waals surface area contributed by atoms with Gasteiger partial charge in [0.15, 0.2) is 0 Å². The molecule has 0 aromatic heterocycles. The number of halogens is 1. The van der Waals surface area contributed by atoms with Crippen molar-refractivity contribution < 1.29 is 9.66 Å². The fourth-order valence-electron chi connectivity index (χ4n) is 2.28. The zero-order valence-corrected chi connectivity index (χ0v) is 12.6. The van der Waals surface area contributed by atoms with Crippen LogP contribution in [0.4, 0.5) is 11.4 Å². The number of alkyl halides is 1. The van der Waals surface area contributed by atoms with Gasteiger partial charge in [-0.2, -0.15) is 0 Å². The number of nitrogens with zero attached hydrogens (tertiary/aromatic N) is 2. The molecule has 1 fully saturated rings. The Morgan fingerprint density at radius 2 is 2.26 bits per heavy atom. The number of nitro groups is 1. The van der Waals surface area contributed by atoms with E-state index in [9.17, 15) is 10.1 Å². The highest BCUT2D eigenvalue weighted by molar-refractivity contribution is 9.08. The van der Waals surface area contributed by atoms with E-state index in [2.05, 4.69) is 20.8 Å². The van der Waals surface area contributed by atoms with Gasteiger partial charge >= 0.3 is 0 Å². The van der Waals surface area contributed by atoms with E-state index in [1.165, 1.54) is 0 Å². The summed E-state index contributed by atoms with van der Waals surface area (Å²) in [4.78, 5) is 13.0. The molecule has 5 nitrogen and oxygen atoms in total. The Labute approximate surface area is 120 Å². The lowest BCUT2D eigenvalue weighted by molar-refractivity contribution is -0.384. The van der Waals surface area contributed by atoms with Gasteiger partial charge in [-0.1, -0.05) is 22.0 Å². The van der Waals surface area contributed by atoms with Crippen molar-refractivity contribution in [1.29, 1.82) is 0 Å². The van der Waals surface area contributed by atoms with Crippen LogP contribution < -0.4 is 4.90 Å². The van der Waals surface area contributed by atoms with Crippen molar-refractivity contribution in [2.75, 3.05) is 18.1 Å². The molecule has 0 amide bonds. The van der Waals surface area contributed by atoms with Crippen LogP contribution in [0.25, 0.3) is 0 Å². The van der Waals surface area contributed by atoms with E-state index in [0.717, 1.165) is 5.56 Å². The smallest absolute Gasteiger partial charge is 0.292 e. The predicted octanol–water partition coefficient (Wildman–Crippen LogP) is 3.10. The maximum absolute atomic E-state index is 11.3. The monoisotopic (exact) mass is 328 g/mol. The third-order valence-electron chi connectivity index (χ3n) is 3.31. The first-order chi connectivity index (χ1) is 9.02. The molecule has 0 bridgehead atoms. The molecule has 1 heterocycles. The Morgan fingerprint density at radius 1 is 1.53 bits per heavy atom. The summed E-state index contributed by atoms with van der Waals surface area (Å²) in [5.74, 6) is 0. The second kappa shape index (κ2) is 5.88. The molecule has 2 atom stereocenters. The molecular weight excluding hydrogens is 312 g/mol. The van der Waals surface area contributed by atoms with E-state index < -0.39 is 0 Å². The molecule has 0 saturated carbocycles. The summed E-state index contributed by atoms with van der Waals surface area (Å²) in [5, 5.41) is 11.9. The molecule has 0 spiro atoms. The fraction of sp³-hybridized carbons (Fsp3) is 0.538. The van der Waals surface area contributed by atoms with Crippen LogP contribution in [-0.2, 0) is 10.1 Å². The first kappa shape index (κ1) is 14.3. The molecule has 0 N–H and O–H groups in total. The summed E-state index contributed by atoms with van der Waals surface area (Å²) >= 11 is 3.33. The topological polar surface area (TPSA) is 55.6 Å². The summed E-state index contributed by atoms with van der Waals surface area (Å²) in [6, 6.07) is 5.54. The third kappa shape index (κ3) is 3.06. The Bertz CT molecular complexity index is 481. The minimum atomic E-state index is -0.311. The van der Waals surface area contributed by atoms with Crippen molar-refractivity contribution in [1.82, 2.24) is 0 Å². The van der Waals surface area contributed by atoms with Crippen molar-refractivity contribution in [2.45, 2.75) is 31.3 Å². The van der Waals surface area contributed by atoms with Crippen LogP contribution in [0, 0.1) is 10.1 Å². The maximum atomic E-state index is 11.3. The van der Waals surface area contributed by atoms with Gasteiger partial charge in [-0.15, -0.1) is 0 Å². The van der Waals surface area contributed by atoms with E-state index in [4.69, 9.17) is 4.74 Å². The maximum Gasteiger partial charge on any atom is 0.292 e. The lowest BCUT2D eigenvalue weighted by atomic mass is 10.1. The van der Waals surface area contributed by atoms with Crippen LogP contribution in [0.15, 0.2) is 18.2 Å². The predicted molar refractivity (Wildman–Crippen MR) is 77.9 cm³/mol. The Balaban J connectivity index is 2.40. The Kier molecular flexibility index (Phi) is 4.42. The molecule has 2 unspecified atom stereocenters. The van der Waals surface area contributed by atoms with Crippen molar-refractivity contribution in [2.24, 2.45) is 0 Å². The average Bonchev–Trinajstić information content (AvgIpc) is 2.40. The standard InChI is InChI=1S/C13H17BrN2O3/c1-9-8-19-10(2)7-15(9)12-4-3-11(6-14)5-13(12)16(17)18/h3-5,9-10H,6-8H2,1-2H3. The fourth-order valence-corrected chi connectivity index (χ4v) is 2.63. The van der Waals surface area contributed by atoms with Crippen LogP contribution >= 0.6 is 15.9 Å². The van der Waals surface area contributed by atoms with Gasteiger partial charge in [0.05, 0.1) is 17.6 Å². The number of hydrogen-bond acceptors (Lipinski definition) is 4. The highest BCUT2D eigenvalue weighted by Gasteiger charge is 2.28. The lowest BCUT2D eigenvalue weighted by Gasteiger charge is -2.38. The van der Waals surface area contributed by atoms with Crippen LogP contribution in [0.5, 0.6) is 0 Å². The highest BCUT2D eigenvalue weighted by Crippen LogP contribution is 2.32. The Hall–Kier alpha value is -1.14. The molecule has 2 rings (SSSR count). The zero-order chi connectivity index (χ0) is 14.0. The molecule has 0 radical (unpaired) electrons. The number of hydrogen-bond donors (Lipinski definition) is 0. The second-order valence-electron chi connectivity index (χ2n) is 4.86. The number of benzene rings is 1. The summed E-state index contributed by atoms with van der Waals surface area (Å²) in [6.07, 6.45) is 0.0895. The van der Waals surface area contributed by atoms with E-state index >= 15 is 0 Å². The second-order valence-corrected chi connectivity index (χ2v) is 5.42. The van der Waals surface area contributed by atoms with Crippen LogP contribution in [-0.4, -0.2) is 30.2 Å². The summed E-state index contributed by atoms with van der Waals surface area (Å²) in [6.45, 7) is 5.28. The number of rotatable bonds is 3. The molecule has 0 aliphatic carbocycles. The molecule has 6 heteroatoms. The van der Waals surface area contributed by atoms with E-state index in [1.807, 2.05) is 26.0 Å². The zero-order valence-electron chi connectivity index (χ0n) is 11.0. The van der Waals surface area contributed by atoms with Gasteiger partial charge in [-0.25, -0.2) is 0 Å². The normalized spacial score (nSPS) is 23.4. The van der Waals surface area contributed by atoms with Gasteiger partial charge in [0.25, 0.3) is 5.69 Å². The number of ether oxygens (including phenoxy) is 1.